The van der Waals surface area contributed by atoms with Gasteiger partial charge in [0.25, 0.3) is 0 Å². The first-order valence-corrected chi connectivity index (χ1v) is 11.0. The van der Waals surface area contributed by atoms with Gasteiger partial charge in [-0.25, -0.2) is 0 Å². The Hall–Kier alpha value is -1.58. The number of halogens is 2. The Morgan fingerprint density at radius 2 is 1.33 bits per heavy atom. The minimum absolute atomic E-state index is 0. The zero-order valence-corrected chi connectivity index (χ0v) is 18.9. The summed E-state index contributed by atoms with van der Waals surface area (Å²) in [4.78, 5) is 2.78. The average Bonchev–Trinajstić information content (AvgIpc) is 3.28. The molecule has 4 heteroatoms. The molecule has 1 saturated heterocycles. The zero-order chi connectivity index (χ0) is 18.5. The van der Waals surface area contributed by atoms with Gasteiger partial charge in [-0.3, -0.25) is 4.90 Å². The Labute approximate surface area is 191 Å². The monoisotopic (exact) mass is 440 g/mol. The second-order valence-corrected chi connectivity index (χ2v) is 8.79. The molecule has 0 radical (unpaired) electrons. The normalized spacial score (nSPS) is 19.2. The molecule has 158 valence electrons. The molecule has 2 fully saturated rings. The number of hydrogen-bond donors (Lipinski definition) is 1. The van der Waals surface area contributed by atoms with Crippen molar-refractivity contribution in [2.45, 2.75) is 31.7 Å². The summed E-state index contributed by atoms with van der Waals surface area (Å²) in [6, 6.07) is 21.5. The fourth-order valence-electron chi connectivity index (χ4n) is 6.00. The van der Waals surface area contributed by atoms with Crippen LogP contribution in [0.25, 0.3) is 32.3 Å². The summed E-state index contributed by atoms with van der Waals surface area (Å²) in [5.41, 5.74) is 1.57. The van der Waals surface area contributed by atoms with E-state index in [0.717, 1.165) is 19.0 Å². The van der Waals surface area contributed by atoms with Crippen LogP contribution in [0.15, 0.2) is 54.6 Å². The van der Waals surface area contributed by atoms with Gasteiger partial charge in [0.2, 0.25) is 0 Å². The van der Waals surface area contributed by atoms with Crippen molar-refractivity contribution in [2.24, 2.45) is 5.92 Å². The van der Waals surface area contributed by atoms with E-state index < -0.39 is 0 Å². The minimum Gasteiger partial charge on any atom is -0.314 e. The summed E-state index contributed by atoms with van der Waals surface area (Å²) in [6.45, 7) is 4.58. The van der Waals surface area contributed by atoms with Gasteiger partial charge in [-0.15, -0.1) is 24.8 Å². The highest BCUT2D eigenvalue weighted by Crippen LogP contribution is 2.44. The molecule has 4 aromatic rings. The van der Waals surface area contributed by atoms with Gasteiger partial charge in [-0.05, 0) is 56.6 Å². The van der Waals surface area contributed by atoms with Gasteiger partial charge in [-0.2, -0.15) is 0 Å². The molecule has 1 saturated carbocycles. The van der Waals surface area contributed by atoms with Gasteiger partial charge in [0, 0.05) is 32.2 Å². The number of piperazine rings is 1. The highest BCUT2D eigenvalue weighted by Gasteiger charge is 2.33. The molecule has 1 N–H and O–H groups in total. The number of rotatable bonds is 3. The molecule has 2 nitrogen and oxygen atoms in total. The molecule has 0 amide bonds. The van der Waals surface area contributed by atoms with Crippen LogP contribution in [0.4, 0.5) is 0 Å². The number of benzene rings is 4. The minimum atomic E-state index is 0. The first-order valence-electron chi connectivity index (χ1n) is 11.0. The molecule has 30 heavy (non-hydrogen) atoms. The standard InChI is InChI=1S/C26H28N2.2ClH/c1-2-5-21(4-1)26(28-16-14-27-15-17-28)23-13-11-20-9-8-18-6-3-7-19-10-12-22(23)25(20)24(18)19;;/h3,6-13,21,26-27H,1-2,4-5,14-17H2;2*1H/t26-;;/m0../s1. The van der Waals surface area contributed by atoms with Crippen molar-refractivity contribution < 1.29 is 0 Å². The lowest BCUT2D eigenvalue weighted by Gasteiger charge is -2.39. The van der Waals surface area contributed by atoms with Gasteiger partial charge in [-0.1, -0.05) is 67.4 Å². The summed E-state index contributed by atoms with van der Waals surface area (Å²) >= 11 is 0. The lowest BCUT2D eigenvalue weighted by Crippen LogP contribution is -2.46. The molecule has 1 aliphatic carbocycles. The Morgan fingerprint density at radius 3 is 2.03 bits per heavy atom. The van der Waals surface area contributed by atoms with Crippen LogP contribution in [0, 0.1) is 5.92 Å². The third-order valence-electron chi connectivity index (χ3n) is 7.27. The van der Waals surface area contributed by atoms with Gasteiger partial charge < -0.3 is 5.32 Å². The van der Waals surface area contributed by atoms with Crippen LogP contribution in [0.1, 0.15) is 37.3 Å². The molecular formula is C26H30Cl2N2. The molecule has 0 bridgehead atoms. The van der Waals surface area contributed by atoms with Crippen molar-refractivity contribution in [3.05, 3.63) is 60.2 Å². The first-order chi connectivity index (χ1) is 13.9. The fraction of sp³-hybridized carbons (Fsp3) is 0.385. The highest BCUT2D eigenvalue weighted by molar-refractivity contribution is 6.23. The molecule has 4 aromatic carbocycles. The van der Waals surface area contributed by atoms with Crippen molar-refractivity contribution in [1.29, 1.82) is 0 Å². The summed E-state index contributed by atoms with van der Waals surface area (Å²) in [6.07, 6.45) is 5.57. The van der Waals surface area contributed by atoms with Crippen molar-refractivity contribution in [3.63, 3.8) is 0 Å². The number of nitrogens with zero attached hydrogens (tertiary/aromatic N) is 1. The fourth-order valence-corrected chi connectivity index (χ4v) is 6.00. The molecule has 6 rings (SSSR count). The van der Waals surface area contributed by atoms with Crippen molar-refractivity contribution >= 4 is 57.1 Å². The van der Waals surface area contributed by atoms with Crippen molar-refractivity contribution in [2.75, 3.05) is 26.2 Å². The van der Waals surface area contributed by atoms with E-state index in [4.69, 9.17) is 0 Å². The lowest BCUT2D eigenvalue weighted by molar-refractivity contribution is 0.126. The number of hydrogen-bond acceptors (Lipinski definition) is 2. The largest absolute Gasteiger partial charge is 0.314 e. The number of nitrogens with one attached hydrogen (secondary N) is 1. The maximum atomic E-state index is 3.55. The summed E-state index contributed by atoms with van der Waals surface area (Å²) in [5.74, 6) is 0.802. The van der Waals surface area contributed by atoms with Gasteiger partial charge in [0.15, 0.2) is 0 Å². The molecule has 0 unspecified atom stereocenters. The predicted octanol–water partition coefficient (Wildman–Crippen LogP) is 6.56. The topological polar surface area (TPSA) is 15.3 Å². The Balaban J connectivity index is 0.00000109. The van der Waals surface area contributed by atoms with E-state index in [1.54, 1.807) is 5.56 Å². The molecule has 1 heterocycles. The molecule has 1 atom stereocenters. The van der Waals surface area contributed by atoms with Crippen LogP contribution in [0.3, 0.4) is 0 Å². The van der Waals surface area contributed by atoms with Crippen LogP contribution in [-0.4, -0.2) is 31.1 Å². The van der Waals surface area contributed by atoms with E-state index in [2.05, 4.69) is 64.8 Å². The van der Waals surface area contributed by atoms with Crippen LogP contribution in [-0.2, 0) is 0 Å². The highest BCUT2D eigenvalue weighted by atomic mass is 35.5. The van der Waals surface area contributed by atoms with Crippen LogP contribution >= 0.6 is 24.8 Å². The first kappa shape index (κ1) is 21.6. The van der Waals surface area contributed by atoms with Crippen molar-refractivity contribution in [1.82, 2.24) is 10.2 Å². The van der Waals surface area contributed by atoms with E-state index in [1.807, 2.05) is 0 Å². The van der Waals surface area contributed by atoms with Crippen LogP contribution in [0.2, 0.25) is 0 Å². The molecular weight excluding hydrogens is 411 g/mol. The second kappa shape index (κ2) is 8.88. The molecule has 2 aliphatic rings. The Bertz CT molecular complexity index is 1110. The van der Waals surface area contributed by atoms with Crippen LogP contribution < -0.4 is 5.32 Å². The van der Waals surface area contributed by atoms with Gasteiger partial charge in [0.05, 0.1) is 0 Å². The Morgan fingerprint density at radius 1 is 0.733 bits per heavy atom. The zero-order valence-electron chi connectivity index (χ0n) is 17.3. The van der Waals surface area contributed by atoms with Crippen LogP contribution in [0.5, 0.6) is 0 Å². The van der Waals surface area contributed by atoms with E-state index in [-0.39, 0.29) is 24.8 Å². The quantitative estimate of drug-likeness (QED) is 0.362. The molecule has 0 spiro atoms. The lowest BCUT2D eigenvalue weighted by atomic mass is 9.84. The Kier molecular flexibility index (Phi) is 6.41. The summed E-state index contributed by atoms with van der Waals surface area (Å²) in [7, 11) is 0. The predicted molar refractivity (Wildman–Crippen MR) is 134 cm³/mol. The summed E-state index contributed by atoms with van der Waals surface area (Å²) in [5, 5.41) is 12.1. The maximum absolute atomic E-state index is 3.55. The molecule has 0 aromatic heterocycles. The smallest absolute Gasteiger partial charge is 0.0383 e. The third kappa shape index (κ3) is 3.44. The molecule has 1 aliphatic heterocycles. The third-order valence-corrected chi connectivity index (χ3v) is 7.27. The average molecular weight is 441 g/mol. The maximum Gasteiger partial charge on any atom is 0.0383 e. The van der Waals surface area contributed by atoms with E-state index in [9.17, 15) is 0 Å². The van der Waals surface area contributed by atoms with E-state index >= 15 is 0 Å². The van der Waals surface area contributed by atoms with E-state index in [1.165, 1.54) is 71.1 Å². The van der Waals surface area contributed by atoms with Crippen molar-refractivity contribution in [3.8, 4) is 0 Å². The van der Waals surface area contributed by atoms with E-state index in [0.29, 0.717) is 6.04 Å². The second-order valence-electron chi connectivity index (χ2n) is 8.79. The van der Waals surface area contributed by atoms with Gasteiger partial charge >= 0.3 is 0 Å². The SMILES string of the molecule is Cl.Cl.c1cc2ccc3ccc([C@H](C4CCCC4)N4CCNCC4)c4ccc(c1)c2c34. The van der Waals surface area contributed by atoms with Gasteiger partial charge in [0.1, 0.15) is 0 Å². The summed E-state index contributed by atoms with van der Waals surface area (Å²) < 4.78 is 0.